The van der Waals surface area contributed by atoms with Crippen LogP contribution < -0.4 is 14.2 Å². The van der Waals surface area contributed by atoms with Crippen molar-refractivity contribution in [3.8, 4) is 28.4 Å². The zero-order valence-electron chi connectivity index (χ0n) is 27.8. The SMILES string of the molecule is COc1ccc(/C=C/C(=O)Oc2ccc(-c3ccc(OCCCCCC[Si](C)(C)O[Si](C)(C)O[Si](C)(C)C)cc3)cc2)cc1. The molecule has 0 unspecified atom stereocenters. The summed E-state index contributed by atoms with van der Waals surface area (Å²) in [6.07, 6.45) is 7.72. The molecule has 0 amide bonds. The van der Waals surface area contributed by atoms with Gasteiger partial charge in [0.25, 0.3) is 0 Å². The predicted octanol–water partition coefficient (Wildman–Crippen LogP) is 9.70. The van der Waals surface area contributed by atoms with Gasteiger partial charge < -0.3 is 22.4 Å². The van der Waals surface area contributed by atoms with Crippen LogP contribution in [0, 0.1) is 0 Å². The standard InChI is InChI=1S/C35H50O6Si3/c1-37-32-20-13-29(14-21-32)15-26-35(36)39-34-24-18-31(19-25-34)30-16-22-33(23-17-30)38-27-11-9-10-12-28-43(5,6)41-44(7,8)40-42(2,3)4/h13-26H,9-12,27-28H2,1-8H3/b26-15+. The molecule has 44 heavy (non-hydrogen) atoms. The Bertz CT molecular complexity index is 1330. The van der Waals surface area contributed by atoms with Crippen molar-refractivity contribution in [1.82, 2.24) is 0 Å². The molecule has 0 heterocycles. The molecule has 0 radical (unpaired) electrons. The van der Waals surface area contributed by atoms with Crippen LogP contribution >= 0.6 is 0 Å². The van der Waals surface area contributed by atoms with Crippen molar-refractivity contribution in [2.24, 2.45) is 0 Å². The monoisotopic (exact) mass is 650 g/mol. The number of esters is 1. The molecule has 0 saturated carbocycles. The number of methoxy groups -OCH3 is 1. The summed E-state index contributed by atoms with van der Waals surface area (Å²) in [5.41, 5.74) is 3.01. The Hall–Kier alpha value is -2.96. The summed E-state index contributed by atoms with van der Waals surface area (Å²) in [6, 6.07) is 24.2. The summed E-state index contributed by atoms with van der Waals surface area (Å²) in [7, 11) is -3.75. The summed E-state index contributed by atoms with van der Waals surface area (Å²) < 4.78 is 29.6. The van der Waals surface area contributed by atoms with Gasteiger partial charge in [0.2, 0.25) is 0 Å². The number of hydrogen-bond acceptors (Lipinski definition) is 6. The van der Waals surface area contributed by atoms with Gasteiger partial charge in [0, 0.05) is 6.08 Å². The zero-order chi connectivity index (χ0) is 32.2. The number of carbonyl (C=O) groups is 1. The molecule has 0 N–H and O–H groups in total. The third-order valence-electron chi connectivity index (χ3n) is 6.80. The summed E-state index contributed by atoms with van der Waals surface area (Å²) in [5, 5.41) is 0. The zero-order valence-corrected chi connectivity index (χ0v) is 30.8. The van der Waals surface area contributed by atoms with E-state index in [9.17, 15) is 4.79 Å². The highest BCUT2D eigenvalue weighted by Gasteiger charge is 2.37. The molecule has 0 saturated heterocycles. The maximum atomic E-state index is 12.2. The van der Waals surface area contributed by atoms with Crippen LogP contribution in [0.2, 0.25) is 51.9 Å². The molecule has 9 heteroatoms. The first-order valence-electron chi connectivity index (χ1n) is 15.5. The first kappa shape index (κ1) is 35.5. The smallest absolute Gasteiger partial charge is 0.336 e. The Morgan fingerprint density at radius 2 is 1.20 bits per heavy atom. The Balaban J connectivity index is 1.35. The fourth-order valence-electron chi connectivity index (χ4n) is 5.16. The molecule has 0 aliphatic carbocycles. The van der Waals surface area contributed by atoms with Crippen LogP contribution in [0.5, 0.6) is 17.2 Å². The molecule has 0 spiro atoms. The Morgan fingerprint density at radius 3 is 1.77 bits per heavy atom. The van der Waals surface area contributed by atoms with E-state index in [-0.39, 0.29) is 0 Å². The van der Waals surface area contributed by atoms with Gasteiger partial charge in [-0.25, -0.2) is 4.79 Å². The van der Waals surface area contributed by atoms with Crippen LogP contribution in [0.15, 0.2) is 78.9 Å². The third kappa shape index (κ3) is 13.4. The van der Waals surface area contributed by atoms with Crippen molar-refractivity contribution < 1.29 is 27.2 Å². The first-order chi connectivity index (χ1) is 20.7. The lowest BCUT2D eigenvalue weighted by atomic mass is 10.1. The number of hydrogen-bond donors (Lipinski definition) is 0. The van der Waals surface area contributed by atoms with Crippen LogP contribution in [-0.4, -0.2) is 44.9 Å². The fraction of sp³-hybridized carbons (Fsp3) is 0.400. The molecular formula is C35H50O6Si3. The number of unbranched alkanes of at least 4 members (excludes halogenated alkanes) is 3. The molecule has 0 aliphatic heterocycles. The highest BCUT2D eigenvalue weighted by Crippen LogP contribution is 2.26. The molecule has 0 atom stereocenters. The molecule has 0 bridgehead atoms. The number of carbonyl (C=O) groups excluding carboxylic acids is 1. The summed E-state index contributed by atoms with van der Waals surface area (Å²) >= 11 is 0. The van der Waals surface area contributed by atoms with Crippen molar-refractivity contribution in [3.05, 3.63) is 84.4 Å². The van der Waals surface area contributed by atoms with E-state index >= 15 is 0 Å². The Labute approximate surface area is 267 Å². The van der Waals surface area contributed by atoms with Gasteiger partial charge in [-0.2, -0.15) is 0 Å². The topological polar surface area (TPSA) is 63.2 Å². The summed E-state index contributed by atoms with van der Waals surface area (Å²) in [5.74, 6) is 1.71. The molecule has 3 rings (SSSR count). The minimum Gasteiger partial charge on any atom is -0.497 e. The normalized spacial score (nSPS) is 12.4. The molecule has 3 aromatic rings. The molecule has 0 aliphatic rings. The highest BCUT2D eigenvalue weighted by atomic mass is 28.5. The van der Waals surface area contributed by atoms with Crippen molar-refractivity contribution in [2.75, 3.05) is 13.7 Å². The molecule has 238 valence electrons. The van der Waals surface area contributed by atoms with E-state index in [0.29, 0.717) is 12.4 Å². The molecule has 6 nitrogen and oxygen atoms in total. The fourth-order valence-corrected chi connectivity index (χ4v) is 18.4. The summed E-state index contributed by atoms with van der Waals surface area (Å²) in [6.45, 7) is 16.5. The third-order valence-corrected chi connectivity index (χ3v) is 17.0. The average molecular weight is 651 g/mol. The van der Waals surface area contributed by atoms with Gasteiger partial charge in [-0.1, -0.05) is 55.7 Å². The van der Waals surface area contributed by atoms with E-state index in [1.807, 2.05) is 48.5 Å². The first-order valence-corrected chi connectivity index (χ1v) is 24.9. The Morgan fingerprint density at radius 1 is 0.659 bits per heavy atom. The van der Waals surface area contributed by atoms with Gasteiger partial charge in [-0.15, -0.1) is 0 Å². The number of benzene rings is 3. The van der Waals surface area contributed by atoms with E-state index in [1.165, 1.54) is 25.0 Å². The van der Waals surface area contributed by atoms with E-state index in [2.05, 4.69) is 58.0 Å². The van der Waals surface area contributed by atoms with Gasteiger partial charge in [-0.05, 0) is 117 Å². The van der Waals surface area contributed by atoms with Crippen molar-refractivity contribution in [3.63, 3.8) is 0 Å². The minimum absolute atomic E-state index is 0.428. The van der Waals surface area contributed by atoms with Gasteiger partial charge in [0.1, 0.15) is 17.2 Å². The van der Waals surface area contributed by atoms with E-state index in [1.54, 1.807) is 25.3 Å². The maximum Gasteiger partial charge on any atom is 0.336 e. The second kappa shape index (κ2) is 16.4. The van der Waals surface area contributed by atoms with Gasteiger partial charge in [0.15, 0.2) is 16.6 Å². The summed E-state index contributed by atoms with van der Waals surface area (Å²) in [4.78, 5) is 12.2. The van der Waals surface area contributed by atoms with E-state index in [0.717, 1.165) is 41.0 Å². The molecular weight excluding hydrogens is 601 g/mol. The maximum absolute atomic E-state index is 12.2. The van der Waals surface area contributed by atoms with Crippen LogP contribution in [0.4, 0.5) is 0 Å². The van der Waals surface area contributed by atoms with Crippen LogP contribution in [-0.2, 0) is 13.0 Å². The van der Waals surface area contributed by atoms with E-state index < -0.39 is 31.2 Å². The average Bonchev–Trinajstić information content (AvgIpc) is 2.94. The lowest BCUT2D eigenvalue weighted by Gasteiger charge is -2.37. The largest absolute Gasteiger partial charge is 0.497 e. The Kier molecular flexibility index (Phi) is 13.2. The van der Waals surface area contributed by atoms with Crippen molar-refractivity contribution in [1.29, 1.82) is 0 Å². The second-order valence-corrected chi connectivity index (χ2v) is 25.7. The lowest BCUT2D eigenvalue weighted by Crippen LogP contribution is -2.51. The van der Waals surface area contributed by atoms with Crippen LogP contribution in [0.25, 0.3) is 17.2 Å². The molecule has 3 aromatic carbocycles. The van der Waals surface area contributed by atoms with Crippen LogP contribution in [0.1, 0.15) is 31.2 Å². The van der Waals surface area contributed by atoms with Gasteiger partial charge >= 0.3 is 14.5 Å². The van der Waals surface area contributed by atoms with Gasteiger partial charge in [-0.3, -0.25) is 0 Å². The second-order valence-electron chi connectivity index (χ2n) is 13.1. The lowest BCUT2D eigenvalue weighted by molar-refractivity contribution is -0.128. The van der Waals surface area contributed by atoms with Gasteiger partial charge in [0.05, 0.1) is 13.7 Å². The molecule has 0 fully saturated rings. The number of rotatable bonds is 17. The number of ether oxygens (including phenoxy) is 3. The highest BCUT2D eigenvalue weighted by molar-refractivity contribution is 6.87. The van der Waals surface area contributed by atoms with Crippen molar-refractivity contribution in [2.45, 2.75) is 77.6 Å². The van der Waals surface area contributed by atoms with Crippen molar-refractivity contribution >= 4 is 37.2 Å². The van der Waals surface area contributed by atoms with Crippen LogP contribution in [0.3, 0.4) is 0 Å². The minimum atomic E-state index is -2.06. The van der Waals surface area contributed by atoms with E-state index in [4.69, 9.17) is 22.4 Å². The predicted molar refractivity (Wildman–Crippen MR) is 189 cm³/mol. The quantitative estimate of drug-likeness (QED) is 0.0477. The molecule has 0 aromatic heterocycles.